The number of carboxylic acid groups (broad SMARTS) is 1. The number of thiophene rings is 1. The highest BCUT2D eigenvalue weighted by atomic mass is 35.5. The molecule has 1 N–H and O–H groups in total. The van der Waals surface area contributed by atoms with Crippen molar-refractivity contribution in [2.45, 2.75) is 38.8 Å². The zero-order valence-corrected chi connectivity index (χ0v) is 21.2. The number of aliphatic carboxylic acids is 1. The molecular weight excluding hydrogens is 495 g/mol. The molecule has 1 saturated heterocycles. The molecule has 1 fully saturated rings. The van der Waals surface area contributed by atoms with E-state index in [1.54, 1.807) is 11.3 Å². The molecule has 10 heteroatoms. The number of likely N-dealkylation sites (tertiary alicyclic amines) is 1. The fourth-order valence-corrected chi connectivity index (χ4v) is 6.20. The van der Waals surface area contributed by atoms with Crippen LogP contribution < -0.4 is 0 Å². The molecular formula is C24H28Cl2N4O3S. The second-order valence-corrected chi connectivity index (χ2v) is 10.8. The number of carboxylic acids is 1. The first-order chi connectivity index (χ1) is 16.0. The number of fused-ring (bicyclic) bond motifs is 3. The van der Waals surface area contributed by atoms with Crippen LogP contribution in [0.4, 0.5) is 0 Å². The molecule has 0 spiro atoms. The number of hydrogen-bond donors (Lipinski definition) is 1. The van der Waals surface area contributed by atoms with Crippen LogP contribution in [-0.4, -0.2) is 62.5 Å². The molecule has 2 aliphatic heterocycles. The number of pyridine rings is 1. The first-order valence-electron chi connectivity index (χ1n) is 11.4. The minimum Gasteiger partial charge on any atom is -0.481 e. The zero-order valence-electron chi connectivity index (χ0n) is 18.8. The lowest BCUT2D eigenvalue weighted by Gasteiger charge is -2.34. The first-order valence-corrected chi connectivity index (χ1v) is 12.6. The van der Waals surface area contributed by atoms with Gasteiger partial charge in [-0.3, -0.25) is 14.5 Å². The van der Waals surface area contributed by atoms with Crippen molar-refractivity contribution in [3.63, 3.8) is 0 Å². The molecule has 34 heavy (non-hydrogen) atoms. The Bertz CT molecular complexity index is 1190. The van der Waals surface area contributed by atoms with Gasteiger partial charge in [-0.15, -0.1) is 23.7 Å². The third kappa shape index (κ3) is 5.25. The quantitative estimate of drug-likeness (QED) is 0.522. The predicted octanol–water partition coefficient (Wildman–Crippen LogP) is 4.29. The molecule has 2 aliphatic rings. The van der Waals surface area contributed by atoms with Gasteiger partial charge in [0.15, 0.2) is 0 Å². The highest BCUT2D eigenvalue weighted by Gasteiger charge is 2.29. The number of piperidine rings is 1. The largest absolute Gasteiger partial charge is 0.481 e. The van der Waals surface area contributed by atoms with Gasteiger partial charge in [0, 0.05) is 35.1 Å². The van der Waals surface area contributed by atoms with Crippen LogP contribution >= 0.6 is 35.3 Å². The SMILES string of the molecule is Cl.O=C(O)CC1CCN(CC(=O)N2CCc3c(n(Cc4ccc(Cl)s4)c4ncccc34)C2)CC1. The van der Waals surface area contributed by atoms with Gasteiger partial charge in [-0.05, 0) is 68.1 Å². The molecule has 0 unspecified atom stereocenters. The highest BCUT2D eigenvalue weighted by molar-refractivity contribution is 7.16. The second kappa shape index (κ2) is 10.6. The Kier molecular flexibility index (Phi) is 7.82. The van der Waals surface area contributed by atoms with Crippen LogP contribution in [-0.2, 0) is 29.1 Å². The van der Waals surface area contributed by atoms with Crippen molar-refractivity contribution in [2.75, 3.05) is 26.2 Å². The second-order valence-electron chi connectivity index (χ2n) is 8.97. The van der Waals surface area contributed by atoms with Gasteiger partial charge in [-0.2, -0.15) is 0 Å². The summed E-state index contributed by atoms with van der Waals surface area (Å²) in [6.07, 6.45) is 4.55. The van der Waals surface area contributed by atoms with Crippen molar-refractivity contribution in [1.29, 1.82) is 0 Å². The molecule has 5 heterocycles. The van der Waals surface area contributed by atoms with E-state index >= 15 is 0 Å². The molecule has 0 atom stereocenters. The van der Waals surface area contributed by atoms with Crippen LogP contribution in [0.15, 0.2) is 30.5 Å². The summed E-state index contributed by atoms with van der Waals surface area (Å²) in [5, 5.41) is 10.2. The summed E-state index contributed by atoms with van der Waals surface area (Å²) >= 11 is 7.73. The standard InChI is InChI=1S/C24H27ClN4O3S.ClH/c25-21-4-3-17(33-21)13-29-20-14-28(11-7-18(20)19-2-1-8-26-24(19)29)22(30)15-27-9-5-16(6-10-27)12-23(31)32;/h1-4,8,16H,5-7,9-15H2,(H,31,32);1H. The van der Waals surface area contributed by atoms with E-state index in [2.05, 4.69) is 20.5 Å². The van der Waals surface area contributed by atoms with Crippen molar-refractivity contribution < 1.29 is 14.7 Å². The maximum absolute atomic E-state index is 13.2. The van der Waals surface area contributed by atoms with E-state index in [4.69, 9.17) is 16.7 Å². The van der Waals surface area contributed by atoms with Gasteiger partial charge in [0.2, 0.25) is 5.91 Å². The summed E-state index contributed by atoms with van der Waals surface area (Å²) in [6, 6.07) is 8.06. The number of amides is 1. The van der Waals surface area contributed by atoms with Gasteiger partial charge in [0.1, 0.15) is 5.65 Å². The maximum atomic E-state index is 13.2. The third-order valence-corrected chi connectivity index (χ3v) is 8.05. The van der Waals surface area contributed by atoms with E-state index in [1.165, 1.54) is 10.9 Å². The lowest BCUT2D eigenvalue weighted by molar-refractivity contribution is -0.139. The molecule has 1 amide bonds. The highest BCUT2D eigenvalue weighted by Crippen LogP contribution is 2.32. The molecule has 0 aliphatic carbocycles. The van der Waals surface area contributed by atoms with Crippen LogP contribution in [0.3, 0.4) is 0 Å². The Morgan fingerprint density at radius 1 is 1.18 bits per heavy atom. The Morgan fingerprint density at radius 3 is 2.68 bits per heavy atom. The number of halogens is 2. The minimum absolute atomic E-state index is 0. The number of carbonyl (C=O) groups excluding carboxylic acids is 1. The maximum Gasteiger partial charge on any atom is 0.303 e. The average molecular weight is 523 g/mol. The van der Waals surface area contributed by atoms with E-state index in [9.17, 15) is 9.59 Å². The molecule has 3 aromatic rings. The van der Waals surface area contributed by atoms with Crippen molar-refractivity contribution in [1.82, 2.24) is 19.4 Å². The summed E-state index contributed by atoms with van der Waals surface area (Å²) in [5.41, 5.74) is 3.41. The normalized spacial score (nSPS) is 16.9. The van der Waals surface area contributed by atoms with Crippen molar-refractivity contribution >= 4 is 58.3 Å². The third-order valence-electron chi connectivity index (χ3n) is 6.84. The summed E-state index contributed by atoms with van der Waals surface area (Å²) in [4.78, 5) is 34.1. The number of aromatic nitrogens is 2. The monoisotopic (exact) mass is 522 g/mol. The summed E-state index contributed by atoms with van der Waals surface area (Å²) in [6.45, 7) is 3.95. The number of rotatable bonds is 6. The summed E-state index contributed by atoms with van der Waals surface area (Å²) < 4.78 is 3.01. The van der Waals surface area contributed by atoms with E-state index < -0.39 is 5.97 Å². The number of nitrogens with zero attached hydrogens (tertiary/aromatic N) is 4. The van der Waals surface area contributed by atoms with Gasteiger partial charge in [0.05, 0.1) is 24.0 Å². The fraction of sp³-hybridized carbons (Fsp3) is 0.458. The molecule has 0 aromatic carbocycles. The summed E-state index contributed by atoms with van der Waals surface area (Å²) in [7, 11) is 0. The molecule has 0 bridgehead atoms. The Labute approximate surface area is 213 Å². The van der Waals surface area contributed by atoms with Crippen molar-refractivity contribution in [3.8, 4) is 0 Å². The summed E-state index contributed by atoms with van der Waals surface area (Å²) in [5.74, 6) is -0.370. The fourth-order valence-electron chi connectivity index (χ4n) is 5.12. The van der Waals surface area contributed by atoms with Gasteiger partial charge in [-0.1, -0.05) is 11.6 Å². The number of carbonyl (C=O) groups is 2. The molecule has 5 rings (SSSR count). The van der Waals surface area contributed by atoms with E-state index in [-0.39, 0.29) is 30.7 Å². The average Bonchev–Trinajstić information content (AvgIpc) is 3.36. The van der Waals surface area contributed by atoms with Gasteiger partial charge in [-0.25, -0.2) is 4.98 Å². The van der Waals surface area contributed by atoms with Gasteiger partial charge in [0.25, 0.3) is 0 Å². The van der Waals surface area contributed by atoms with Crippen molar-refractivity contribution in [3.05, 3.63) is 50.9 Å². The van der Waals surface area contributed by atoms with Crippen LogP contribution in [0.5, 0.6) is 0 Å². The molecule has 3 aromatic heterocycles. The van der Waals surface area contributed by atoms with Crippen LogP contribution in [0.25, 0.3) is 11.0 Å². The topological polar surface area (TPSA) is 78.7 Å². The smallest absolute Gasteiger partial charge is 0.303 e. The zero-order chi connectivity index (χ0) is 22.9. The lowest BCUT2D eigenvalue weighted by Crippen LogP contribution is -2.45. The predicted molar refractivity (Wildman–Crippen MR) is 136 cm³/mol. The van der Waals surface area contributed by atoms with E-state index in [0.29, 0.717) is 26.2 Å². The van der Waals surface area contributed by atoms with Gasteiger partial charge >= 0.3 is 5.97 Å². The molecule has 0 saturated carbocycles. The Hall–Kier alpha value is -2.13. The van der Waals surface area contributed by atoms with Crippen molar-refractivity contribution in [2.24, 2.45) is 5.92 Å². The van der Waals surface area contributed by atoms with Crippen LogP contribution in [0.2, 0.25) is 4.34 Å². The molecule has 7 nitrogen and oxygen atoms in total. The Balaban J connectivity index is 0.00000274. The molecule has 182 valence electrons. The van der Waals surface area contributed by atoms with Gasteiger partial charge < -0.3 is 14.6 Å². The van der Waals surface area contributed by atoms with E-state index in [1.807, 2.05) is 29.3 Å². The molecule has 0 radical (unpaired) electrons. The van der Waals surface area contributed by atoms with Crippen LogP contribution in [0, 0.1) is 5.92 Å². The first kappa shape index (κ1) is 25.0. The lowest BCUT2D eigenvalue weighted by atomic mass is 9.93. The number of hydrogen-bond acceptors (Lipinski definition) is 5. The Morgan fingerprint density at radius 2 is 1.97 bits per heavy atom. The minimum atomic E-state index is -0.733. The van der Waals surface area contributed by atoms with Crippen LogP contribution in [0.1, 0.15) is 35.4 Å². The van der Waals surface area contributed by atoms with E-state index in [0.717, 1.165) is 52.9 Å².